The number of hydrogen-bond donors (Lipinski definition) is 3. The van der Waals surface area contributed by atoms with Gasteiger partial charge >= 0.3 is 0 Å². The van der Waals surface area contributed by atoms with E-state index in [-0.39, 0.29) is 34.5 Å². The summed E-state index contributed by atoms with van der Waals surface area (Å²) >= 11 is 5.80. The van der Waals surface area contributed by atoms with E-state index >= 15 is 0 Å². The van der Waals surface area contributed by atoms with Crippen LogP contribution >= 0.6 is 11.6 Å². The Bertz CT molecular complexity index is 790. The average Bonchev–Trinajstić information content (AvgIpc) is 2.58. The molecule has 2 aromatic carbocycles. The molecule has 0 bridgehead atoms. The Kier molecular flexibility index (Phi) is 5.88. The Morgan fingerprint density at radius 2 is 1.76 bits per heavy atom. The second kappa shape index (κ2) is 7.90. The van der Waals surface area contributed by atoms with Gasteiger partial charge in [0, 0.05) is 31.8 Å². The van der Waals surface area contributed by atoms with Crippen molar-refractivity contribution >= 4 is 23.4 Å². The van der Waals surface area contributed by atoms with Gasteiger partial charge in [-0.1, -0.05) is 23.7 Å². The lowest BCUT2D eigenvalue weighted by Gasteiger charge is -2.18. The van der Waals surface area contributed by atoms with Crippen LogP contribution in [0.4, 0.5) is 0 Å². The topological polar surface area (TPSA) is 89.9 Å². The fourth-order valence-electron chi connectivity index (χ4n) is 2.30. The number of hydrogen-bond acceptors (Lipinski definition) is 4. The highest BCUT2D eigenvalue weighted by Gasteiger charge is 2.18. The summed E-state index contributed by atoms with van der Waals surface area (Å²) in [5.74, 6) is -1.22. The number of rotatable bonds is 5. The fourth-order valence-corrected chi connectivity index (χ4v) is 2.46. The van der Waals surface area contributed by atoms with Crippen LogP contribution in [0.25, 0.3) is 0 Å². The first-order chi connectivity index (χ1) is 11.8. The normalized spacial score (nSPS) is 10.4. The van der Waals surface area contributed by atoms with E-state index in [0.717, 1.165) is 11.6 Å². The molecule has 0 atom stereocenters. The molecule has 7 heteroatoms. The van der Waals surface area contributed by atoms with Crippen molar-refractivity contribution in [3.8, 4) is 11.5 Å². The van der Waals surface area contributed by atoms with Crippen LogP contribution in [0.1, 0.15) is 33.2 Å². The molecule has 0 aromatic heterocycles. The molecular formula is C18H19ClN2O4. The van der Waals surface area contributed by atoms with Crippen LogP contribution < -0.4 is 5.32 Å². The molecule has 2 amide bonds. The number of carbonyl (C=O) groups is 2. The summed E-state index contributed by atoms with van der Waals surface area (Å²) in [6, 6.07) is 9.16. The molecule has 2 rings (SSSR count). The molecule has 0 heterocycles. The van der Waals surface area contributed by atoms with Crippen molar-refractivity contribution in [1.82, 2.24) is 10.2 Å². The van der Waals surface area contributed by atoms with E-state index in [1.807, 2.05) is 6.92 Å². The number of phenolic OH excluding ortho intramolecular Hbond substituents is 2. The Labute approximate surface area is 150 Å². The molecule has 0 fully saturated rings. The van der Waals surface area contributed by atoms with Crippen molar-refractivity contribution in [3.05, 3.63) is 58.1 Å². The smallest absolute Gasteiger partial charge is 0.257 e. The van der Waals surface area contributed by atoms with Crippen molar-refractivity contribution in [2.24, 2.45) is 0 Å². The molecule has 0 saturated carbocycles. The molecule has 0 unspecified atom stereocenters. The first kappa shape index (κ1) is 18.6. The van der Waals surface area contributed by atoms with Crippen LogP contribution in [-0.2, 0) is 6.54 Å². The number of aromatic hydroxyl groups is 2. The number of nitrogens with zero attached hydrogens (tertiary/aromatic N) is 1. The molecule has 6 nitrogen and oxygen atoms in total. The van der Waals surface area contributed by atoms with Gasteiger partial charge in [0.1, 0.15) is 11.5 Å². The Balaban J connectivity index is 2.11. The summed E-state index contributed by atoms with van der Waals surface area (Å²) in [5, 5.41) is 22.0. The molecule has 0 aliphatic carbocycles. The van der Waals surface area contributed by atoms with Crippen LogP contribution in [0.3, 0.4) is 0 Å². The molecule has 2 aromatic rings. The van der Waals surface area contributed by atoms with Gasteiger partial charge in [0.15, 0.2) is 0 Å². The zero-order valence-electron chi connectivity index (χ0n) is 13.9. The summed E-state index contributed by atoms with van der Waals surface area (Å²) in [4.78, 5) is 25.6. The summed E-state index contributed by atoms with van der Waals surface area (Å²) in [6.07, 6.45) is 0. The SMILES string of the molecule is CCNC(=O)c1ccc(CN(C)C(=O)c2cc(Cl)c(O)cc2O)cc1. The van der Waals surface area contributed by atoms with E-state index in [1.165, 1.54) is 11.0 Å². The molecule has 0 aliphatic heterocycles. The van der Waals surface area contributed by atoms with Gasteiger partial charge in [-0.25, -0.2) is 0 Å². The Morgan fingerprint density at radius 1 is 1.12 bits per heavy atom. The maximum Gasteiger partial charge on any atom is 0.257 e. The minimum Gasteiger partial charge on any atom is -0.507 e. The molecular weight excluding hydrogens is 344 g/mol. The second-order valence-electron chi connectivity index (χ2n) is 5.54. The van der Waals surface area contributed by atoms with Gasteiger partial charge in [-0.05, 0) is 30.7 Å². The van der Waals surface area contributed by atoms with Gasteiger partial charge in [-0.15, -0.1) is 0 Å². The molecule has 0 radical (unpaired) electrons. The van der Waals surface area contributed by atoms with Crippen LogP contribution in [0.2, 0.25) is 5.02 Å². The van der Waals surface area contributed by atoms with E-state index in [1.54, 1.807) is 31.3 Å². The third-order valence-corrected chi connectivity index (χ3v) is 3.92. The molecule has 3 N–H and O–H groups in total. The first-order valence-corrected chi connectivity index (χ1v) is 8.05. The number of carbonyl (C=O) groups excluding carboxylic acids is 2. The summed E-state index contributed by atoms with van der Waals surface area (Å²) in [5.41, 5.74) is 1.38. The number of phenols is 2. The van der Waals surface area contributed by atoms with E-state index < -0.39 is 5.91 Å². The van der Waals surface area contributed by atoms with Crippen LogP contribution in [0, 0.1) is 0 Å². The van der Waals surface area contributed by atoms with Gasteiger partial charge in [0.05, 0.1) is 10.6 Å². The number of halogens is 1. The lowest BCUT2D eigenvalue weighted by Crippen LogP contribution is -2.26. The summed E-state index contributed by atoms with van der Waals surface area (Å²) in [6.45, 7) is 2.68. The first-order valence-electron chi connectivity index (χ1n) is 7.67. The predicted octanol–water partition coefficient (Wildman–Crippen LogP) is 2.77. The summed E-state index contributed by atoms with van der Waals surface area (Å²) < 4.78 is 0. The zero-order chi connectivity index (χ0) is 18.6. The van der Waals surface area contributed by atoms with E-state index in [0.29, 0.717) is 12.1 Å². The third kappa shape index (κ3) is 4.42. The quantitative estimate of drug-likeness (QED) is 0.763. The van der Waals surface area contributed by atoms with Gasteiger partial charge in [0.2, 0.25) is 0 Å². The molecule has 25 heavy (non-hydrogen) atoms. The van der Waals surface area contributed by atoms with Gasteiger partial charge in [0.25, 0.3) is 11.8 Å². The van der Waals surface area contributed by atoms with Crippen LogP contribution in [0.15, 0.2) is 36.4 Å². The van der Waals surface area contributed by atoms with Crippen molar-refractivity contribution in [2.45, 2.75) is 13.5 Å². The van der Waals surface area contributed by atoms with Crippen LogP contribution in [0.5, 0.6) is 11.5 Å². The minimum atomic E-state index is -0.438. The van der Waals surface area contributed by atoms with Crippen molar-refractivity contribution < 1.29 is 19.8 Å². The minimum absolute atomic E-state index is 0.00393. The standard InChI is InChI=1S/C18H19ClN2O4/c1-3-20-17(24)12-6-4-11(5-7-12)10-21(2)18(25)13-8-14(19)16(23)9-15(13)22/h4-9,22-23H,3,10H2,1-2H3,(H,20,24). The highest BCUT2D eigenvalue weighted by Crippen LogP contribution is 2.31. The highest BCUT2D eigenvalue weighted by molar-refractivity contribution is 6.32. The van der Waals surface area contributed by atoms with E-state index in [2.05, 4.69) is 5.32 Å². The van der Waals surface area contributed by atoms with E-state index in [4.69, 9.17) is 11.6 Å². The van der Waals surface area contributed by atoms with Gasteiger partial charge in [-0.3, -0.25) is 9.59 Å². The fraction of sp³-hybridized carbons (Fsp3) is 0.222. The summed E-state index contributed by atoms with van der Waals surface area (Å²) in [7, 11) is 1.58. The van der Waals surface area contributed by atoms with Gasteiger partial charge in [-0.2, -0.15) is 0 Å². The molecule has 0 saturated heterocycles. The zero-order valence-corrected chi connectivity index (χ0v) is 14.7. The Hall–Kier alpha value is -2.73. The number of benzene rings is 2. The van der Waals surface area contributed by atoms with Crippen molar-refractivity contribution in [1.29, 1.82) is 0 Å². The monoisotopic (exact) mass is 362 g/mol. The molecule has 0 spiro atoms. The molecule has 0 aliphatic rings. The maximum atomic E-state index is 12.5. The lowest BCUT2D eigenvalue weighted by molar-refractivity contribution is 0.0781. The highest BCUT2D eigenvalue weighted by atomic mass is 35.5. The predicted molar refractivity (Wildman–Crippen MR) is 95.0 cm³/mol. The van der Waals surface area contributed by atoms with Crippen LogP contribution in [-0.4, -0.2) is 40.5 Å². The number of nitrogens with one attached hydrogen (secondary N) is 1. The number of amides is 2. The van der Waals surface area contributed by atoms with Crippen molar-refractivity contribution in [3.63, 3.8) is 0 Å². The second-order valence-corrected chi connectivity index (χ2v) is 5.95. The largest absolute Gasteiger partial charge is 0.507 e. The van der Waals surface area contributed by atoms with Gasteiger partial charge < -0.3 is 20.4 Å². The third-order valence-electron chi connectivity index (χ3n) is 3.62. The Morgan fingerprint density at radius 3 is 2.36 bits per heavy atom. The van der Waals surface area contributed by atoms with Crippen molar-refractivity contribution in [2.75, 3.05) is 13.6 Å². The molecule has 132 valence electrons. The average molecular weight is 363 g/mol. The lowest BCUT2D eigenvalue weighted by atomic mass is 10.1. The van der Waals surface area contributed by atoms with E-state index in [9.17, 15) is 19.8 Å². The maximum absolute atomic E-state index is 12.5.